The number of likely N-dealkylation sites (N-methyl/N-ethyl adjacent to an activating group) is 1. The van der Waals surface area contributed by atoms with Crippen molar-refractivity contribution in [2.24, 2.45) is 17.6 Å². The predicted octanol–water partition coefficient (Wildman–Crippen LogP) is 1.75. The summed E-state index contributed by atoms with van der Waals surface area (Å²) in [7, 11) is 6.62. The summed E-state index contributed by atoms with van der Waals surface area (Å²) in [6.45, 7) is 1.76. The Morgan fingerprint density at radius 1 is 1.07 bits per heavy atom. The van der Waals surface area contributed by atoms with Gasteiger partial charge in [-0.2, -0.15) is 0 Å². The highest BCUT2D eigenvalue weighted by Crippen LogP contribution is 2.54. The monoisotopic (exact) mass is 590 g/mol. The van der Waals surface area contributed by atoms with E-state index in [0.29, 0.717) is 22.4 Å². The minimum Gasteiger partial charge on any atom is -0.510 e. The number of ketones is 2. The minimum atomic E-state index is -2.73. The molecule has 3 unspecified atom stereocenters. The standard InChI is InChI=1S/C31H34N4O8/c1-13-8-6-7-9-15(13)30(42)33-18-12-19(34(2)3)16-10-14-11-17-23(35(4)5)26(38)22(29(32)41)28(40)31(17,43)27(39)20(14)25(37)21(16)24(18)36/h6-9,12,14,17,23,36,38-39,43H,10-11H2,1-5H3,(H2,32,41)(H,33,42)/t14?,17?,23-,31?/m0/s1. The SMILES string of the molecule is Cc1ccccc1C(=O)Nc1cc(N(C)C)c2c(c1O)C(=O)C1=C(O)C3(O)C(=O)C(C(N)=O)=C(O)[C@@H](N(C)C)C3CC1C2. The number of rotatable bonds is 5. The first-order valence-electron chi connectivity index (χ1n) is 13.7. The Morgan fingerprint density at radius 3 is 2.30 bits per heavy atom. The van der Waals surface area contributed by atoms with Gasteiger partial charge < -0.3 is 36.4 Å². The Bertz CT molecular complexity index is 1670. The number of allylic oxidation sites excluding steroid dienone is 1. The van der Waals surface area contributed by atoms with Crippen LogP contribution in [0.4, 0.5) is 11.4 Å². The zero-order valence-electron chi connectivity index (χ0n) is 24.4. The van der Waals surface area contributed by atoms with Crippen LogP contribution < -0.4 is 16.0 Å². The van der Waals surface area contributed by atoms with E-state index in [1.54, 1.807) is 70.3 Å². The van der Waals surface area contributed by atoms with E-state index in [1.165, 1.54) is 4.90 Å². The smallest absolute Gasteiger partial charge is 0.256 e. The van der Waals surface area contributed by atoms with Gasteiger partial charge in [-0.25, -0.2) is 0 Å². The number of nitrogens with one attached hydrogen (secondary N) is 1. The van der Waals surface area contributed by atoms with Crippen LogP contribution in [0.3, 0.4) is 0 Å². The summed E-state index contributed by atoms with van der Waals surface area (Å²) in [6, 6.07) is 7.35. The summed E-state index contributed by atoms with van der Waals surface area (Å²) in [6.07, 6.45) is 0.104. The number of fused-ring (bicyclic) bond motifs is 3. The first-order valence-corrected chi connectivity index (χ1v) is 13.7. The fourth-order valence-corrected chi connectivity index (χ4v) is 6.81. The van der Waals surface area contributed by atoms with Gasteiger partial charge in [0.1, 0.15) is 17.1 Å². The van der Waals surface area contributed by atoms with E-state index >= 15 is 0 Å². The van der Waals surface area contributed by atoms with Gasteiger partial charge in [0, 0.05) is 36.8 Å². The molecule has 0 aliphatic heterocycles. The molecule has 2 aromatic carbocycles. The van der Waals surface area contributed by atoms with Gasteiger partial charge in [0.05, 0.1) is 17.3 Å². The number of aliphatic hydroxyl groups excluding tert-OH is 2. The lowest BCUT2D eigenvalue weighted by molar-refractivity contribution is -0.148. The van der Waals surface area contributed by atoms with Gasteiger partial charge >= 0.3 is 0 Å². The number of carbonyl (C=O) groups is 4. The van der Waals surface area contributed by atoms with Crippen LogP contribution in [0.5, 0.6) is 5.75 Å². The van der Waals surface area contributed by atoms with Crippen LogP contribution in [-0.4, -0.2) is 88.5 Å². The number of benzene rings is 2. The Hall–Kier alpha value is -4.68. The third-order valence-electron chi connectivity index (χ3n) is 8.82. The van der Waals surface area contributed by atoms with E-state index in [9.17, 15) is 39.6 Å². The summed E-state index contributed by atoms with van der Waals surface area (Å²) in [5.74, 6) is -7.88. The molecule has 7 N–H and O–H groups in total. The molecule has 0 heterocycles. The molecular formula is C31H34N4O8. The molecule has 0 spiro atoms. The molecule has 4 atom stereocenters. The van der Waals surface area contributed by atoms with Gasteiger partial charge in [0.2, 0.25) is 5.78 Å². The average molecular weight is 591 g/mol. The maximum absolute atomic E-state index is 14.1. The Kier molecular flexibility index (Phi) is 7.10. The van der Waals surface area contributed by atoms with Gasteiger partial charge in [-0.15, -0.1) is 0 Å². The molecule has 2 aromatic rings. The summed E-state index contributed by atoms with van der Waals surface area (Å²) in [5, 5.41) is 48.3. The van der Waals surface area contributed by atoms with E-state index in [1.807, 2.05) is 0 Å². The van der Waals surface area contributed by atoms with Crippen molar-refractivity contribution >= 4 is 34.8 Å². The first kappa shape index (κ1) is 29.8. The predicted molar refractivity (Wildman–Crippen MR) is 157 cm³/mol. The number of amides is 2. The van der Waals surface area contributed by atoms with Crippen molar-refractivity contribution in [3.8, 4) is 5.75 Å². The zero-order chi connectivity index (χ0) is 31.7. The maximum atomic E-state index is 14.1. The number of hydrogen-bond acceptors (Lipinski definition) is 10. The number of anilines is 2. The van der Waals surface area contributed by atoms with Gasteiger partial charge in [0.15, 0.2) is 17.1 Å². The number of Topliss-reactive ketones (excluding diaryl/α,β-unsaturated/α-hetero) is 2. The van der Waals surface area contributed by atoms with E-state index in [0.717, 1.165) is 0 Å². The van der Waals surface area contributed by atoms with Crippen LogP contribution in [0.1, 0.15) is 38.3 Å². The van der Waals surface area contributed by atoms with E-state index in [2.05, 4.69) is 5.32 Å². The molecule has 0 saturated carbocycles. The van der Waals surface area contributed by atoms with Crippen molar-refractivity contribution in [1.29, 1.82) is 0 Å². The number of nitrogens with two attached hydrogens (primary N) is 1. The van der Waals surface area contributed by atoms with Gasteiger partial charge in [-0.1, -0.05) is 18.2 Å². The molecule has 43 heavy (non-hydrogen) atoms. The normalized spacial score (nSPS) is 24.9. The lowest BCUT2D eigenvalue weighted by Crippen LogP contribution is -2.63. The molecule has 12 nitrogen and oxygen atoms in total. The molecule has 0 radical (unpaired) electrons. The highest BCUT2D eigenvalue weighted by Gasteiger charge is 2.63. The zero-order valence-corrected chi connectivity index (χ0v) is 24.4. The second-order valence-corrected chi connectivity index (χ2v) is 11.8. The third-order valence-corrected chi connectivity index (χ3v) is 8.82. The molecule has 226 valence electrons. The van der Waals surface area contributed by atoms with Crippen LogP contribution in [0.25, 0.3) is 0 Å². The van der Waals surface area contributed by atoms with Gasteiger partial charge in [0.25, 0.3) is 11.8 Å². The van der Waals surface area contributed by atoms with Gasteiger partial charge in [-0.3, -0.25) is 24.1 Å². The Balaban J connectivity index is 1.68. The second kappa shape index (κ2) is 10.2. The van der Waals surface area contributed by atoms with E-state index in [4.69, 9.17) is 5.73 Å². The average Bonchev–Trinajstić information content (AvgIpc) is 2.91. The number of carbonyl (C=O) groups excluding carboxylic acids is 4. The lowest BCUT2D eigenvalue weighted by Gasteiger charge is -2.50. The molecule has 3 aliphatic carbocycles. The van der Waals surface area contributed by atoms with Crippen LogP contribution in [0.15, 0.2) is 53.0 Å². The highest BCUT2D eigenvalue weighted by molar-refractivity contribution is 6.25. The molecule has 0 bridgehead atoms. The van der Waals surface area contributed by atoms with Crippen molar-refractivity contribution in [3.63, 3.8) is 0 Å². The topological polar surface area (TPSA) is 194 Å². The second-order valence-electron chi connectivity index (χ2n) is 11.8. The minimum absolute atomic E-state index is 0.0227. The number of phenols is 1. The summed E-state index contributed by atoms with van der Waals surface area (Å²) >= 11 is 0. The molecule has 3 aliphatic rings. The van der Waals surface area contributed by atoms with Crippen LogP contribution >= 0.6 is 0 Å². The van der Waals surface area contributed by atoms with Crippen LogP contribution in [0.2, 0.25) is 0 Å². The number of phenolic OH excluding ortho intramolecular Hbond substituents is 1. The molecule has 12 heteroatoms. The Labute approximate surface area is 247 Å². The largest absolute Gasteiger partial charge is 0.510 e. The molecule has 0 fully saturated rings. The molecule has 0 aromatic heterocycles. The van der Waals surface area contributed by atoms with Crippen molar-refractivity contribution < 1.29 is 39.6 Å². The number of aliphatic hydroxyl groups is 3. The summed E-state index contributed by atoms with van der Waals surface area (Å²) in [5.41, 5.74) is 3.33. The fourth-order valence-electron chi connectivity index (χ4n) is 6.81. The number of primary amides is 1. The van der Waals surface area contributed by atoms with Crippen molar-refractivity contribution in [1.82, 2.24) is 4.90 Å². The van der Waals surface area contributed by atoms with Crippen LogP contribution in [-0.2, 0) is 16.0 Å². The van der Waals surface area contributed by atoms with Crippen molar-refractivity contribution in [3.05, 3.63) is 75.3 Å². The van der Waals surface area contributed by atoms with Crippen LogP contribution in [0, 0.1) is 18.8 Å². The summed E-state index contributed by atoms with van der Waals surface area (Å²) in [4.78, 5) is 56.2. The lowest BCUT2D eigenvalue weighted by atomic mass is 9.58. The number of hydrogen-bond donors (Lipinski definition) is 6. The third kappa shape index (κ3) is 4.28. The number of nitrogens with zero attached hydrogens (tertiary/aromatic N) is 2. The van der Waals surface area contributed by atoms with E-state index in [-0.39, 0.29) is 29.7 Å². The Morgan fingerprint density at radius 2 is 1.72 bits per heavy atom. The quantitative estimate of drug-likeness (QED) is 0.221. The molecule has 2 amide bonds. The first-order chi connectivity index (χ1) is 20.1. The molecule has 5 rings (SSSR count). The van der Waals surface area contributed by atoms with Gasteiger partial charge in [-0.05, 0) is 63.0 Å². The maximum Gasteiger partial charge on any atom is 0.256 e. The van der Waals surface area contributed by atoms with Crippen molar-refractivity contribution in [2.45, 2.75) is 31.4 Å². The number of aryl methyl sites for hydroxylation is 1. The fraction of sp³-hybridized carbons (Fsp3) is 0.355. The molecule has 0 saturated heterocycles. The highest BCUT2D eigenvalue weighted by atomic mass is 16.3. The van der Waals surface area contributed by atoms with Crippen molar-refractivity contribution in [2.75, 3.05) is 38.4 Å². The number of aromatic hydroxyl groups is 1. The molecular weight excluding hydrogens is 556 g/mol. The summed E-state index contributed by atoms with van der Waals surface area (Å²) < 4.78 is 0. The van der Waals surface area contributed by atoms with E-state index < -0.39 is 69.7 Å².